The van der Waals surface area contributed by atoms with Gasteiger partial charge in [0.05, 0.1) is 0 Å². The van der Waals surface area contributed by atoms with Gasteiger partial charge in [-0.1, -0.05) is 97.6 Å². The first-order valence-corrected chi connectivity index (χ1v) is 9.71. The average Bonchev–Trinajstić information content (AvgIpc) is 2.42. The van der Waals surface area contributed by atoms with Crippen molar-refractivity contribution in [2.75, 3.05) is 0 Å². The summed E-state index contributed by atoms with van der Waals surface area (Å²) in [5.74, 6) is 0. The molecule has 0 radical (unpaired) electrons. The molecule has 0 saturated heterocycles. The molecule has 0 nitrogen and oxygen atoms in total. The molecule has 0 aromatic carbocycles. The van der Waals surface area contributed by atoms with Crippen LogP contribution < -0.4 is 0 Å². The first kappa shape index (κ1) is 20.7. The van der Waals surface area contributed by atoms with Crippen LogP contribution in [0.2, 0.25) is 0 Å². The van der Waals surface area contributed by atoms with Crippen molar-refractivity contribution in [2.24, 2.45) is 5.41 Å². The number of allylic oxidation sites excluding steroid dienone is 2. The van der Waals surface area contributed by atoms with Gasteiger partial charge in [0.1, 0.15) is 0 Å². The molecule has 0 amide bonds. The van der Waals surface area contributed by atoms with Gasteiger partial charge in [0, 0.05) is 0 Å². The van der Waals surface area contributed by atoms with Gasteiger partial charge in [0.15, 0.2) is 0 Å². The number of rotatable bonds is 14. The number of hydrogen-bond acceptors (Lipinski definition) is 0. The Kier molecular flexibility index (Phi) is 14.5. The first-order valence-electron chi connectivity index (χ1n) is 9.71. The molecular formula is C21H42. The van der Waals surface area contributed by atoms with E-state index in [2.05, 4.69) is 39.8 Å². The molecule has 21 heavy (non-hydrogen) atoms. The molecule has 126 valence electrons. The summed E-state index contributed by atoms with van der Waals surface area (Å²) in [6.45, 7) is 9.33. The topological polar surface area (TPSA) is 0 Å². The lowest BCUT2D eigenvalue weighted by Gasteiger charge is -2.17. The summed E-state index contributed by atoms with van der Waals surface area (Å²) in [4.78, 5) is 0. The van der Waals surface area contributed by atoms with Crippen LogP contribution in [0.4, 0.5) is 0 Å². The first-order chi connectivity index (χ1) is 10.1. The highest BCUT2D eigenvalue weighted by atomic mass is 14.1. The zero-order valence-electron chi connectivity index (χ0n) is 15.6. The Bertz CT molecular complexity index is 219. The highest BCUT2D eigenvalue weighted by Crippen LogP contribution is 2.22. The van der Waals surface area contributed by atoms with E-state index in [9.17, 15) is 0 Å². The second-order valence-corrected chi connectivity index (χ2v) is 7.89. The molecule has 0 aliphatic rings. The van der Waals surface area contributed by atoms with Crippen LogP contribution in [0.3, 0.4) is 0 Å². The Balaban J connectivity index is 3.12. The summed E-state index contributed by atoms with van der Waals surface area (Å²) in [5, 5.41) is 0. The smallest absolute Gasteiger partial charge is 0.0351 e. The summed E-state index contributed by atoms with van der Waals surface area (Å²) in [6.07, 6.45) is 24.4. The predicted molar refractivity (Wildman–Crippen MR) is 98.9 cm³/mol. The van der Waals surface area contributed by atoms with Gasteiger partial charge in [0.25, 0.3) is 0 Å². The Morgan fingerprint density at radius 3 is 1.48 bits per heavy atom. The summed E-state index contributed by atoms with van der Waals surface area (Å²) < 4.78 is 0. The summed E-state index contributed by atoms with van der Waals surface area (Å²) >= 11 is 0. The molecule has 0 heterocycles. The van der Waals surface area contributed by atoms with Crippen LogP contribution >= 0.6 is 0 Å². The van der Waals surface area contributed by atoms with Gasteiger partial charge in [-0.3, -0.25) is 0 Å². The maximum atomic E-state index is 2.42. The maximum absolute atomic E-state index is 2.42. The molecule has 0 aromatic rings. The standard InChI is InChI=1S/C21H42/c1-5-6-7-8-9-10-11-12-13-14-15-16-17-18-19-20-21(2,3)4/h12-13H,5-11,14-20H2,1-4H3/b13-12+. The second-order valence-electron chi connectivity index (χ2n) is 7.89. The van der Waals surface area contributed by atoms with Crippen molar-refractivity contribution in [1.82, 2.24) is 0 Å². The normalized spacial score (nSPS) is 12.4. The molecule has 0 bridgehead atoms. The van der Waals surface area contributed by atoms with Crippen molar-refractivity contribution in [3.63, 3.8) is 0 Å². The molecule has 0 aromatic heterocycles. The maximum Gasteiger partial charge on any atom is -0.0351 e. The van der Waals surface area contributed by atoms with Crippen molar-refractivity contribution in [3.05, 3.63) is 12.2 Å². The average molecular weight is 295 g/mol. The Morgan fingerprint density at radius 1 is 0.571 bits per heavy atom. The fraction of sp³-hybridized carbons (Fsp3) is 0.905. The third-order valence-electron chi connectivity index (χ3n) is 4.19. The molecule has 0 spiro atoms. The zero-order valence-corrected chi connectivity index (χ0v) is 15.6. The Hall–Kier alpha value is -0.260. The van der Waals surface area contributed by atoms with Crippen LogP contribution in [0.15, 0.2) is 12.2 Å². The van der Waals surface area contributed by atoms with Gasteiger partial charge in [-0.2, -0.15) is 0 Å². The SMILES string of the molecule is CCCCCCCC/C=C/CCCCCCCC(C)(C)C. The van der Waals surface area contributed by atoms with E-state index in [1.807, 2.05) is 0 Å². The highest BCUT2D eigenvalue weighted by Gasteiger charge is 2.08. The van der Waals surface area contributed by atoms with E-state index in [1.54, 1.807) is 0 Å². The lowest BCUT2D eigenvalue weighted by molar-refractivity contribution is 0.356. The molecule has 0 saturated carbocycles. The largest absolute Gasteiger partial charge is 0.0885 e. The number of hydrogen-bond donors (Lipinski definition) is 0. The molecule has 0 heteroatoms. The summed E-state index contributed by atoms with van der Waals surface area (Å²) in [6, 6.07) is 0. The van der Waals surface area contributed by atoms with Gasteiger partial charge in [0.2, 0.25) is 0 Å². The van der Waals surface area contributed by atoms with E-state index in [-0.39, 0.29) is 0 Å². The molecule has 0 fully saturated rings. The lowest BCUT2D eigenvalue weighted by atomic mass is 9.89. The minimum Gasteiger partial charge on any atom is -0.0885 e. The zero-order chi connectivity index (χ0) is 15.8. The third-order valence-corrected chi connectivity index (χ3v) is 4.19. The van der Waals surface area contributed by atoms with Crippen LogP contribution in [-0.2, 0) is 0 Å². The van der Waals surface area contributed by atoms with Gasteiger partial charge >= 0.3 is 0 Å². The van der Waals surface area contributed by atoms with E-state index in [4.69, 9.17) is 0 Å². The molecule has 0 aliphatic carbocycles. The molecule has 0 atom stereocenters. The fourth-order valence-corrected chi connectivity index (χ4v) is 2.73. The van der Waals surface area contributed by atoms with E-state index >= 15 is 0 Å². The van der Waals surface area contributed by atoms with Crippen LogP contribution in [0.25, 0.3) is 0 Å². The quantitative estimate of drug-likeness (QED) is 0.224. The van der Waals surface area contributed by atoms with E-state index < -0.39 is 0 Å². The highest BCUT2D eigenvalue weighted by molar-refractivity contribution is 4.81. The molecule has 0 unspecified atom stereocenters. The monoisotopic (exact) mass is 294 g/mol. The van der Waals surface area contributed by atoms with Gasteiger partial charge in [-0.15, -0.1) is 0 Å². The van der Waals surface area contributed by atoms with Crippen molar-refractivity contribution in [2.45, 2.75) is 118 Å². The van der Waals surface area contributed by atoms with Gasteiger partial charge < -0.3 is 0 Å². The van der Waals surface area contributed by atoms with E-state index in [0.717, 1.165) is 0 Å². The summed E-state index contributed by atoms with van der Waals surface area (Å²) in [7, 11) is 0. The lowest BCUT2D eigenvalue weighted by Crippen LogP contribution is -2.03. The third kappa shape index (κ3) is 19.7. The van der Waals surface area contributed by atoms with Crippen molar-refractivity contribution < 1.29 is 0 Å². The second kappa shape index (κ2) is 14.7. The minimum absolute atomic E-state index is 0.527. The molecule has 0 N–H and O–H groups in total. The van der Waals surface area contributed by atoms with Crippen LogP contribution in [0, 0.1) is 5.41 Å². The van der Waals surface area contributed by atoms with E-state index in [1.165, 1.54) is 89.9 Å². The van der Waals surface area contributed by atoms with Crippen molar-refractivity contribution >= 4 is 0 Å². The molecule has 0 aliphatic heterocycles. The molecular weight excluding hydrogens is 252 g/mol. The van der Waals surface area contributed by atoms with Gasteiger partial charge in [-0.05, 0) is 37.5 Å². The summed E-state index contributed by atoms with van der Waals surface area (Å²) in [5.41, 5.74) is 0.527. The van der Waals surface area contributed by atoms with Crippen LogP contribution in [0.5, 0.6) is 0 Å². The van der Waals surface area contributed by atoms with E-state index in [0.29, 0.717) is 5.41 Å². The predicted octanol–water partition coefficient (Wildman–Crippen LogP) is 8.07. The number of unbranched alkanes of at least 4 members (excludes halogenated alkanes) is 11. The van der Waals surface area contributed by atoms with Crippen LogP contribution in [0.1, 0.15) is 118 Å². The van der Waals surface area contributed by atoms with Gasteiger partial charge in [-0.25, -0.2) is 0 Å². The Labute approximate surface area is 135 Å². The Morgan fingerprint density at radius 2 is 1.00 bits per heavy atom. The fourth-order valence-electron chi connectivity index (χ4n) is 2.73. The minimum atomic E-state index is 0.527. The van der Waals surface area contributed by atoms with Crippen molar-refractivity contribution in [1.29, 1.82) is 0 Å². The van der Waals surface area contributed by atoms with Crippen molar-refractivity contribution in [3.8, 4) is 0 Å². The van der Waals surface area contributed by atoms with Crippen LogP contribution in [-0.4, -0.2) is 0 Å². The molecule has 0 rings (SSSR count).